The highest BCUT2D eigenvalue weighted by atomic mass is 32.2. The van der Waals surface area contributed by atoms with Gasteiger partial charge in [-0.2, -0.15) is 13.2 Å². The van der Waals surface area contributed by atoms with Gasteiger partial charge in [-0.05, 0) is 36.8 Å². The Kier molecular flexibility index (Phi) is 4.13. The van der Waals surface area contributed by atoms with E-state index in [4.69, 9.17) is 0 Å². The molecule has 1 heterocycles. The lowest BCUT2D eigenvalue weighted by molar-refractivity contribution is -0.137. The molecule has 0 saturated carbocycles. The molecule has 20 heavy (non-hydrogen) atoms. The van der Waals surface area contributed by atoms with Crippen LogP contribution in [0.25, 0.3) is 0 Å². The quantitative estimate of drug-likeness (QED) is 0.788. The Morgan fingerprint density at radius 1 is 1.20 bits per heavy atom. The van der Waals surface area contributed by atoms with Crippen LogP contribution in [0.3, 0.4) is 0 Å². The van der Waals surface area contributed by atoms with Crippen LogP contribution < -0.4 is 0 Å². The van der Waals surface area contributed by atoms with E-state index in [0.717, 1.165) is 29.0 Å². The first kappa shape index (κ1) is 14.6. The lowest BCUT2D eigenvalue weighted by Crippen LogP contribution is -2.05. The van der Waals surface area contributed by atoms with Gasteiger partial charge in [-0.15, -0.1) is 0 Å². The van der Waals surface area contributed by atoms with Crippen molar-refractivity contribution in [2.24, 2.45) is 0 Å². The van der Waals surface area contributed by atoms with Crippen LogP contribution in [-0.4, -0.2) is 11.3 Å². The number of nitrogens with zero attached hydrogens (tertiary/aromatic N) is 1. The number of carbonyl (C=O) groups excluding carboxylic acids is 1. The van der Waals surface area contributed by atoms with Gasteiger partial charge in [-0.1, -0.05) is 17.8 Å². The molecule has 0 unspecified atom stereocenters. The number of carbonyl (C=O) groups is 1. The van der Waals surface area contributed by atoms with E-state index < -0.39 is 11.7 Å². The molecule has 0 aliphatic heterocycles. The number of pyridine rings is 1. The molecular formula is C14H10F3NOS. The Morgan fingerprint density at radius 2 is 1.95 bits per heavy atom. The molecule has 0 aliphatic carbocycles. The van der Waals surface area contributed by atoms with Gasteiger partial charge in [0, 0.05) is 16.7 Å². The summed E-state index contributed by atoms with van der Waals surface area (Å²) in [4.78, 5) is 15.3. The van der Waals surface area contributed by atoms with Gasteiger partial charge in [-0.25, -0.2) is 4.98 Å². The summed E-state index contributed by atoms with van der Waals surface area (Å²) in [5.41, 5.74) is 0.670. The van der Waals surface area contributed by atoms with E-state index >= 15 is 0 Å². The molecule has 0 N–H and O–H groups in total. The Morgan fingerprint density at radius 3 is 2.45 bits per heavy atom. The third kappa shape index (κ3) is 3.39. The molecule has 0 bridgehead atoms. The number of hydrogen-bond donors (Lipinski definition) is 0. The molecule has 0 spiro atoms. The largest absolute Gasteiger partial charge is 0.417 e. The highest BCUT2D eigenvalue weighted by molar-refractivity contribution is 7.99. The summed E-state index contributed by atoms with van der Waals surface area (Å²) in [6.07, 6.45) is -2.81. The van der Waals surface area contributed by atoms with E-state index in [-0.39, 0.29) is 0 Å². The average molecular weight is 297 g/mol. The van der Waals surface area contributed by atoms with E-state index in [1.807, 2.05) is 6.92 Å². The third-order valence-corrected chi connectivity index (χ3v) is 3.74. The molecule has 104 valence electrons. The molecule has 0 fully saturated rings. The Hall–Kier alpha value is -1.82. The maximum absolute atomic E-state index is 12.4. The molecule has 0 saturated heterocycles. The van der Waals surface area contributed by atoms with E-state index in [1.54, 1.807) is 18.2 Å². The molecule has 1 aromatic heterocycles. The van der Waals surface area contributed by atoms with Crippen LogP contribution in [-0.2, 0) is 6.18 Å². The van der Waals surface area contributed by atoms with Gasteiger partial charge < -0.3 is 0 Å². The molecule has 2 rings (SSSR count). The minimum absolute atomic E-state index is 0.472. The summed E-state index contributed by atoms with van der Waals surface area (Å²) < 4.78 is 37.2. The lowest BCUT2D eigenvalue weighted by atomic mass is 10.2. The molecule has 2 aromatic rings. The summed E-state index contributed by atoms with van der Waals surface area (Å²) >= 11 is 1.26. The lowest BCUT2D eigenvalue weighted by Gasteiger charge is -2.08. The number of aldehydes is 1. The van der Waals surface area contributed by atoms with Crippen molar-refractivity contribution in [3.63, 3.8) is 0 Å². The first-order chi connectivity index (χ1) is 9.40. The van der Waals surface area contributed by atoms with Gasteiger partial charge >= 0.3 is 6.18 Å². The van der Waals surface area contributed by atoms with Crippen molar-refractivity contribution in [3.05, 3.63) is 53.2 Å². The van der Waals surface area contributed by atoms with Crippen LogP contribution in [0.2, 0.25) is 0 Å². The van der Waals surface area contributed by atoms with E-state index in [1.165, 1.54) is 17.8 Å². The first-order valence-corrected chi connectivity index (χ1v) is 6.49. The van der Waals surface area contributed by atoms with Crippen molar-refractivity contribution in [1.82, 2.24) is 4.98 Å². The number of benzene rings is 1. The fourth-order valence-electron chi connectivity index (χ4n) is 1.58. The van der Waals surface area contributed by atoms with Crippen molar-refractivity contribution in [2.75, 3.05) is 0 Å². The molecule has 6 heteroatoms. The summed E-state index contributed by atoms with van der Waals surface area (Å²) in [6.45, 7) is 1.83. The van der Waals surface area contributed by atoms with Gasteiger partial charge in [0.15, 0.2) is 0 Å². The second kappa shape index (κ2) is 5.66. The SMILES string of the molecule is Cc1cc(C=O)ccc1Sc1ccc(C(F)(F)F)cn1. The molecule has 0 aliphatic rings. The standard InChI is InChI=1S/C14H10F3NOS/c1-9-6-10(8-19)2-4-12(9)20-13-5-3-11(7-18-13)14(15,16)17/h2-8H,1H3. The van der Waals surface area contributed by atoms with Crippen molar-refractivity contribution in [1.29, 1.82) is 0 Å². The van der Waals surface area contributed by atoms with Crippen molar-refractivity contribution in [2.45, 2.75) is 23.0 Å². The highest BCUT2D eigenvalue weighted by Crippen LogP contribution is 2.32. The van der Waals surface area contributed by atoms with Crippen LogP contribution in [0.1, 0.15) is 21.5 Å². The smallest absolute Gasteiger partial charge is 0.298 e. The number of hydrogen-bond acceptors (Lipinski definition) is 3. The summed E-state index contributed by atoms with van der Waals surface area (Å²) in [7, 11) is 0. The monoisotopic (exact) mass is 297 g/mol. The Bertz CT molecular complexity index is 623. The predicted octanol–water partition coefficient (Wildman–Crippen LogP) is 4.37. The highest BCUT2D eigenvalue weighted by Gasteiger charge is 2.30. The number of halogens is 3. The molecular weight excluding hydrogens is 287 g/mol. The summed E-state index contributed by atoms with van der Waals surface area (Å²) in [5, 5.41) is 0.472. The zero-order valence-corrected chi connectivity index (χ0v) is 11.3. The molecule has 0 atom stereocenters. The third-order valence-electron chi connectivity index (χ3n) is 2.61. The summed E-state index contributed by atoms with van der Waals surface area (Å²) in [6, 6.07) is 7.47. The molecule has 0 radical (unpaired) electrons. The maximum Gasteiger partial charge on any atom is 0.417 e. The Balaban J connectivity index is 2.20. The van der Waals surface area contributed by atoms with Gasteiger partial charge in [-0.3, -0.25) is 4.79 Å². The van der Waals surface area contributed by atoms with Crippen LogP contribution in [0.5, 0.6) is 0 Å². The zero-order chi connectivity index (χ0) is 14.8. The molecule has 2 nitrogen and oxygen atoms in total. The van der Waals surface area contributed by atoms with E-state index in [9.17, 15) is 18.0 Å². The maximum atomic E-state index is 12.4. The minimum atomic E-state index is -4.38. The summed E-state index contributed by atoms with van der Waals surface area (Å²) in [5.74, 6) is 0. The predicted molar refractivity (Wildman–Crippen MR) is 69.9 cm³/mol. The van der Waals surface area contributed by atoms with Gasteiger partial charge in [0.05, 0.1) is 5.56 Å². The topological polar surface area (TPSA) is 30.0 Å². The van der Waals surface area contributed by atoms with Gasteiger partial charge in [0.1, 0.15) is 11.3 Å². The number of aryl methyl sites for hydroxylation is 1. The fraction of sp³-hybridized carbons (Fsp3) is 0.143. The Labute approximate surface area is 118 Å². The van der Waals surface area contributed by atoms with Crippen molar-refractivity contribution < 1.29 is 18.0 Å². The van der Waals surface area contributed by atoms with Gasteiger partial charge in [0.2, 0.25) is 0 Å². The second-order valence-electron chi connectivity index (χ2n) is 4.13. The first-order valence-electron chi connectivity index (χ1n) is 5.67. The fourth-order valence-corrected chi connectivity index (χ4v) is 2.40. The number of rotatable bonds is 3. The van der Waals surface area contributed by atoms with Crippen LogP contribution in [0.4, 0.5) is 13.2 Å². The number of aromatic nitrogens is 1. The second-order valence-corrected chi connectivity index (χ2v) is 5.19. The van der Waals surface area contributed by atoms with Crippen molar-refractivity contribution >= 4 is 18.0 Å². The van der Waals surface area contributed by atoms with Crippen molar-refractivity contribution in [3.8, 4) is 0 Å². The van der Waals surface area contributed by atoms with Gasteiger partial charge in [0.25, 0.3) is 0 Å². The van der Waals surface area contributed by atoms with Crippen LogP contribution in [0, 0.1) is 6.92 Å². The number of alkyl halides is 3. The molecule has 1 aromatic carbocycles. The van der Waals surface area contributed by atoms with E-state index in [0.29, 0.717) is 10.6 Å². The van der Waals surface area contributed by atoms with Crippen LogP contribution in [0.15, 0.2) is 46.5 Å². The molecule has 0 amide bonds. The average Bonchev–Trinajstić information content (AvgIpc) is 2.40. The zero-order valence-electron chi connectivity index (χ0n) is 10.4. The normalized spacial score (nSPS) is 11.4. The van der Waals surface area contributed by atoms with E-state index in [2.05, 4.69) is 4.98 Å². The minimum Gasteiger partial charge on any atom is -0.298 e. The van der Waals surface area contributed by atoms with Crippen LogP contribution >= 0.6 is 11.8 Å².